The fourth-order valence-electron chi connectivity index (χ4n) is 12.2. The third-order valence-electron chi connectivity index (χ3n) is 18.0. The van der Waals surface area contributed by atoms with E-state index in [0.29, 0.717) is 19.4 Å². The van der Waals surface area contributed by atoms with E-state index in [1.54, 1.807) is 6.08 Å². The zero-order valence-corrected chi connectivity index (χ0v) is 56.5. The summed E-state index contributed by atoms with van der Waals surface area (Å²) in [5.41, 5.74) is 0. The highest BCUT2D eigenvalue weighted by atomic mass is 16.5. The standard InChI is InChI=1S/C77H149NO5/c1-3-5-7-9-11-13-15-17-19-21-34-37-41-45-49-53-57-61-65-69-75(80)74(73-79)78-76(81)70-66-62-58-54-50-46-42-38-35-32-30-28-26-24-23-25-27-29-31-33-36-40-44-48-52-56-60-64-68-72-83-77(82)71-67-63-59-55-51-47-43-39-22-20-18-16-14-12-10-8-6-4-2/h20,22,65,69,74-75,79-80H,3-19,21,23-64,66-68,70-73H2,1-2H3,(H,78,81)/b22-20-,69-65+. The molecule has 0 bridgehead atoms. The molecule has 0 aliphatic heterocycles. The smallest absolute Gasteiger partial charge is 0.305 e. The predicted octanol–water partition coefficient (Wildman–Crippen LogP) is 24.9. The molecule has 492 valence electrons. The highest BCUT2D eigenvalue weighted by molar-refractivity contribution is 5.76. The van der Waals surface area contributed by atoms with Gasteiger partial charge >= 0.3 is 5.97 Å². The Morgan fingerprint density at radius 2 is 0.566 bits per heavy atom. The first-order valence-electron chi connectivity index (χ1n) is 38.1. The monoisotopic (exact) mass is 1170 g/mol. The first-order valence-corrected chi connectivity index (χ1v) is 38.1. The molecule has 2 atom stereocenters. The van der Waals surface area contributed by atoms with Crippen LogP contribution in [0.25, 0.3) is 0 Å². The maximum atomic E-state index is 12.5. The van der Waals surface area contributed by atoms with E-state index >= 15 is 0 Å². The van der Waals surface area contributed by atoms with Crippen molar-refractivity contribution in [1.82, 2.24) is 5.32 Å². The minimum atomic E-state index is -0.842. The fraction of sp³-hybridized carbons (Fsp3) is 0.922. The quantitative estimate of drug-likeness (QED) is 0.0320. The van der Waals surface area contributed by atoms with E-state index in [0.717, 1.165) is 44.9 Å². The number of ether oxygens (including phenoxy) is 1. The Morgan fingerprint density at radius 1 is 0.325 bits per heavy atom. The van der Waals surface area contributed by atoms with Gasteiger partial charge in [-0.3, -0.25) is 9.59 Å². The summed E-state index contributed by atoms with van der Waals surface area (Å²) in [7, 11) is 0. The van der Waals surface area contributed by atoms with Gasteiger partial charge in [-0.2, -0.15) is 0 Å². The molecule has 83 heavy (non-hydrogen) atoms. The van der Waals surface area contributed by atoms with Gasteiger partial charge in [-0.25, -0.2) is 0 Å². The molecule has 0 fully saturated rings. The summed E-state index contributed by atoms with van der Waals surface area (Å²) in [6, 6.07) is -0.626. The van der Waals surface area contributed by atoms with Gasteiger partial charge in [0.1, 0.15) is 0 Å². The zero-order chi connectivity index (χ0) is 59.9. The first kappa shape index (κ1) is 81.3. The second-order valence-corrected chi connectivity index (χ2v) is 26.3. The van der Waals surface area contributed by atoms with Crippen LogP contribution < -0.4 is 5.32 Å². The van der Waals surface area contributed by atoms with Crippen molar-refractivity contribution in [2.45, 2.75) is 443 Å². The Morgan fingerprint density at radius 3 is 0.855 bits per heavy atom. The van der Waals surface area contributed by atoms with E-state index in [1.165, 1.54) is 360 Å². The lowest BCUT2D eigenvalue weighted by Crippen LogP contribution is -2.45. The Labute approximate surface area is 520 Å². The van der Waals surface area contributed by atoms with Gasteiger partial charge in [0.05, 0.1) is 25.4 Å². The van der Waals surface area contributed by atoms with Gasteiger partial charge in [0, 0.05) is 12.8 Å². The number of esters is 1. The van der Waals surface area contributed by atoms with E-state index in [-0.39, 0.29) is 18.5 Å². The maximum Gasteiger partial charge on any atom is 0.305 e. The third kappa shape index (κ3) is 69.3. The van der Waals surface area contributed by atoms with E-state index in [1.807, 2.05) is 6.08 Å². The Balaban J connectivity index is 3.35. The van der Waals surface area contributed by atoms with Crippen LogP contribution in [0.3, 0.4) is 0 Å². The molecule has 0 aromatic rings. The average Bonchev–Trinajstić information content (AvgIpc) is 3.49. The molecule has 0 aliphatic rings. The van der Waals surface area contributed by atoms with Crippen LogP contribution in [0, 0.1) is 0 Å². The molecule has 0 aromatic carbocycles. The molecule has 0 aromatic heterocycles. The summed E-state index contributed by atoms with van der Waals surface area (Å²) in [6.07, 6.45) is 92.8. The molecule has 0 spiro atoms. The molecular weight excluding hydrogens is 1020 g/mol. The van der Waals surface area contributed by atoms with Crippen molar-refractivity contribution < 1.29 is 24.5 Å². The van der Waals surface area contributed by atoms with E-state index in [2.05, 4.69) is 31.3 Å². The molecular formula is C77H149NO5. The van der Waals surface area contributed by atoms with Crippen molar-refractivity contribution in [2.24, 2.45) is 0 Å². The molecule has 0 saturated carbocycles. The van der Waals surface area contributed by atoms with Crippen LogP contribution >= 0.6 is 0 Å². The van der Waals surface area contributed by atoms with E-state index in [4.69, 9.17) is 4.74 Å². The van der Waals surface area contributed by atoms with Gasteiger partial charge in [-0.15, -0.1) is 0 Å². The Hall–Kier alpha value is -1.66. The van der Waals surface area contributed by atoms with Crippen LogP contribution in [0.15, 0.2) is 24.3 Å². The van der Waals surface area contributed by atoms with Crippen molar-refractivity contribution in [3.05, 3.63) is 24.3 Å². The van der Waals surface area contributed by atoms with Gasteiger partial charge in [-0.1, -0.05) is 385 Å². The number of allylic oxidation sites excluding steroid dienone is 3. The molecule has 6 nitrogen and oxygen atoms in total. The predicted molar refractivity (Wildman–Crippen MR) is 366 cm³/mol. The Kier molecular flexibility index (Phi) is 71.4. The molecule has 0 aliphatic carbocycles. The van der Waals surface area contributed by atoms with Crippen molar-refractivity contribution in [3.8, 4) is 0 Å². The van der Waals surface area contributed by atoms with Crippen molar-refractivity contribution in [2.75, 3.05) is 13.2 Å². The van der Waals surface area contributed by atoms with Crippen molar-refractivity contribution >= 4 is 11.9 Å². The lowest BCUT2D eigenvalue weighted by atomic mass is 10.0. The topological polar surface area (TPSA) is 95.9 Å². The van der Waals surface area contributed by atoms with E-state index < -0.39 is 12.1 Å². The fourth-order valence-corrected chi connectivity index (χ4v) is 12.2. The second-order valence-electron chi connectivity index (χ2n) is 26.3. The lowest BCUT2D eigenvalue weighted by molar-refractivity contribution is -0.143. The number of nitrogens with one attached hydrogen (secondary N) is 1. The van der Waals surface area contributed by atoms with Crippen molar-refractivity contribution in [3.63, 3.8) is 0 Å². The molecule has 1 amide bonds. The molecule has 0 rings (SSSR count). The summed E-state index contributed by atoms with van der Waals surface area (Å²) in [4.78, 5) is 24.6. The summed E-state index contributed by atoms with van der Waals surface area (Å²) < 4.78 is 5.51. The van der Waals surface area contributed by atoms with Gasteiger partial charge in [0.15, 0.2) is 0 Å². The molecule has 0 saturated heterocycles. The van der Waals surface area contributed by atoms with Gasteiger partial charge in [0.2, 0.25) is 5.91 Å². The summed E-state index contributed by atoms with van der Waals surface area (Å²) >= 11 is 0. The molecule has 0 heterocycles. The van der Waals surface area contributed by atoms with Gasteiger partial charge in [0.25, 0.3) is 0 Å². The van der Waals surface area contributed by atoms with Crippen molar-refractivity contribution in [1.29, 1.82) is 0 Å². The minimum Gasteiger partial charge on any atom is -0.466 e. The van der Waals surface area contributed by atoms with Crippen LogP contribution in [0.1, 0.15) is 431 Å². The number of aliphatic hydroxyl groups is 2. The molecule has 0 radical (unpaired) electrons. The lowest BCUT2D eigenvalue weighted by Gasteiger charge is -2.20. The van der Waals surface area contributed by atoms with Crippen LogP contribution in [0.2, 0.25) is 0 Å². The number of amides is 1. The second kappa shape index (κ2) is 72.8. The number of unbranched alkanes of at least 4 members (excludes halogenated alkanes) is 59. The van der Waals surface area contributed by atoms with Crippen LogP contribution in [0.4, 0.5) is 0 Å². The maximum absolute atomic E-state index is 12.5. The normalized spacial score (nSPS) is 12.6. The van der Waals surface area contributed by atoms with Crippen LogP contribution in [-0.4, -0.2) is 47.4 Å². The molecule has 3 N–H and O–H groups in total. The van der Waals surface area contributed by atoms with Gasteiger partial charge < -0.3 is 20.3 Å². The molecule has 2 unspecified atom stereocenters. The highest BCUT2D eigenvalue weighted by Crippen LogP contribution is 2.19. The first-order chi connectivity index (χ1) is 41.0. The average molecular weight is 1170 g/mol. The zero-order valence-electron chi connectivity index (χ0n) is 56.5. The van der Waals surface area contributed by atoms with E-state index in [9.17, 15) is 19.8 Å². The summed E-state index contributed by atoms with van der Waals surface area (Å²) in [5.74, 6) is -0.0431. The number of carbonyl (C=O) groups excluding carboxylic acids is 2. The minimum absolute atomic E-state index is 0.0172. The SMILES string of the molecule is CCCCCCCCC/C=C\CCCCCCCCCC(=O)OCCCCCCCCCCCCCCCCCCCCCCCCCCCCCCCC(=O)NC(CO)C(O)/C=C/CCCCCCCCCCCCCCCCCCC. The number of aliphatic hydroxyl groups excluding tert-OH is 2. The van der Waals surface area contributed by atoms with Crippen LogP contribution in [-0.2, 0) is 14.3 Å². The molecule has 6 heteroatoms. The Bertz CT molecular complexity index is 1300. The summed E-state index contributed by atoms with van der Waals surface area (Å²) in [6.45, 7) is 4.95. The van der Waals surface area contributed by atoms with Crippen LogP contribution in [0.5, 0.6) is 0 Å². The number of hydrogen-bond donors (Lipinski definition) is 3. The van der Waals surface area contributed by atoms with Gasteiger partial charge in [-0.05, 0) is 57.8 Å². The number of hydrogen-bond acceptors (Lipinski definition) is 5. The summed E-state index contributed by atoms with van der Waals surface area (Å²) in [5, 5.41) is 23.3. The highest BCUT2D eigenvalue weighted by Gasteiger charge is 2.18. The third-order valence-corrected chi connectivity index (χ3v) is 18.0. The largest absolute Gasteiger partial charge is 0.466 e. The number of carbonyl (C=O) groups is 2. The number of rotatable bonds is 72.